The first kappa shape index (κ1) is 14.5. The van der Waals surface area contributed by atoms with E-state index < -0.39 is 17.5 Å². The second kappa shape index (κ2) is 6.04. The van der Waals surface area contributed by atoms with Crippen molar-refractivity contribution >= 4 is 11.9 Å². The van der Waals surface area contributed by atoms with Gasteiger partial charge in [-0.25, -0.2) is 4.79 Å². The number of hydrogen-bond donors (Lipinski definition) is 2. The van der Waals surface area contributed by atoms with E-state index in [1.165, 1.54) is 16.7 Å². The highest BCUT2D eigenvalue weighted by atomic mass is 16.4. The number of nitrogens with zero attached hydrogens (tertiary/aromatic N) is 1. The molecule has 0 radical (unpaired) electrons. The second-order valence-electron chi connectivity index (χ2n) is 4.40. The van der Waals surface area contributed by atoms with Crippen molar-refractivity contribution in [3.63, 3.8) is 0 Å². The van der Waals surface area contributed by atoms with E-state index in [9.17, 15) is 14.4 Å². The zero-order valence-corrected chi connectivity index (χ0v) is 11.0. The highest BCUT2D eigenvalue weighted by Gasteiger charge is 2.15. The van der Waals surface area contributed by atoms with Gasteiger partial charge in [0.15, 0.2) is 0 Å². The maximum absolute atomic E-state index is 12.2. The summed E-state index contributed by atoms with van der Waals surface area (Å²) < 4.78 is 1.19. The largest absolute Gasteiger partial charge is 0.481 e. The van der Waals surface area contributed by atoms with Crippen LogP contribution in [0.4, 0.5) is 0 Å². The number of benzene rings is 1. The molecule has 0 unspecified atom stereocenters. The van der Waals surface area contributed by atoms with Crippen LogP contribution in [-0.2, 0) is 11.3 Å². The molecule has 0 amide bonds. The zero-order chi connectivity index (χ0) is 15.4. The van der Waals surface area contributed by atoms with Gasteiger partial charge in [-0.3, -0.25) is 9.59 Å². The molecule has 2 N–H and O–H groups in total. The number of rotatable bonds is 5. The maximum atomic E-state index is 12.2. The molecule has 0 bridgehead atoms. The van der Waals surface area contributed by atoms with Crippen molar-refractivity contribution in [3.8, 4) is 11.3 Å². The molecule has 1 aromatic heterocycles. The fourth-order valence-electron chi connectivity index (χ4n) is 2.03. The summed E-state index contributed by atoms with van der Waals surface area (Å²) in [6, 6.07) is 11.7. The molecule has 6 nitrogen and oxygen atoms in total. The van der Waals surface area contributed by atoms with Crippen LogP contribution in [0.2, 0.25) is 0 Å². The minimum absolute atomic E-state index is 0.0838. The van der Waals surface area contributed by atoms with Gasteiger partial charge in [-0.1, -0.05) is 30.3 Å². The Kier molecular flexibility index (Phi) is 4.18. The molecule has 21 heavy (non-hydrogen) atoms. The normalized spacial score (nSPS) is 10.3. The lowest BCUT2D eigenvalue weighted by atomic mass is 10.1. The summed E-state index contributed by atoms with van der Waals surface area (Å²) in [6.45, 7) is -0.0838. The second-order valence-corrected chi connectivity index (χ2v) is 4.40. The van der Waals surface area contributed by atoms with Gasteiger partial charge in [-0.2, -0.15) is 0 Å². The zero-order valence-electron chi connectivity index (χ0n) is 11.0. The summed E-state index contributed by atoms with van der Waals surface area (Å²) in [5.41, 5.74) is 0.133. The van der Waals surface area contributed by atoms with Crippen LogP contribution in [0.3, 0.4) is 0 Å². The van der Waals surface area contributed by atoms with Crippen LogP contribution < -0.4 is 5.56 Å². The third-order valence-corrected chi connectivity index (χ3v) is 3.02. The molecule has 1 aromatic carbocycles. The third-order valence-electron chi connectivity index (χ3n) is 3.02. The number of aromatic carboxylic acids is 1. The quantitative estimate of drug-likeness (QED) is 0.872. The van der Waals surface area contributed by atoms with Crippen molar-refractivity contribution in [2.45, 2.75) is 13.0 Å². The van der Waals surface area contributed by atoms with Gasteiger partial charge in [-0.15, -0.1) is 0 Å². The van der Waals surface area contributed by atoms with E-state index in [2.05, 4.69) is 0 Å². The van der Waals surface area contributed by atoms with E-state index >= 15 is 0 Å². The minimum Gasteiger partial charge on any atom is -0.481 e. The summed E-state index contributed by atoms with van der Waals surface area (Å²) in [6.07, 6.45) is -0.261. The molecular weight excluding hydrogens is 274 g/mol. The number of carboxylic acids is 2. The summed E-state index contributed by atoms with van der Waals surface area (Å²) in [4.78, 5) is 34.0. The van der Waals surface area contributed by atoms with Crippen molar-refractivity contribution < 1.29 is 19.8 Å². The van der Waals surface area contributed by atoms with Crippen molar-refractivity contribution in [2.24, 2.45) is 0 Å². The molecule has 2 rings (SSSR count). The first-order valence-electron chi connectivity index (χ1n) is 6.25. The number of aromatic nitrogens is 1. The number of pyridine rings is 1. The third kappa shape index (κ3) is 3.17. The van der Waals surface area contributed by atoms with Crippen molar-refractivity contribution in [1.82, 2.24) is 4.57 Å². The molecule has 0 aliphatic carbocycles. The number of aliphatic carboxylic acids is 1. The van der Waals surface area contributed by atoms with Crippen molar-refractivity contribution in [1.29, 1.82) is 0 Å². The molecule has 0 saturated carbocycles. The topological polar surface area (TPSA) is 96.6 Å². The molecule has 0 aliphatic rings. The van der Waals surface area contributed by atoms with E-state index in [-0.39, 0.29) is 18.5 Å². The Bertz CT molecular complexity index is 733. The Morgan fingerprint density at radius 3 is 2.24 bits per heavy atom. The van der Waals surface area contributed by atoms with Crippen molar-refractivity contribution in [3.05, 3.63) is 58.4 Å². The van der Waals surface area contributed by atoms with Gasteiger partial charge in [0.05, 0.1) is 12.1 Å². The lowest BCUT2D eigenvalue weighted by Gasteiger charge is -2.13. The predicted octanol–water partition coefficient (Wildman–Crippen LogP) is 1.69. The Hall–Kier alpha value is -2.89. The van der Waals surface area contributed by atoms with Gasteiger partial charge < -0.3 is 14.8 Å². The lowest BCUT2D eigenvalue weighted by molar-refractivity contribution is -0.137. The highest BCUT2D eigenvalue weighted by molar-refractivity contribution is 5.87. The molecule has 0 fully saturated rings. The van der Waals surface area contributed by atoms with Crippen LogP contribution >= 0.6 is 0 Å². The fourth-order valence-corrected chi connectivity index (χ4v) is 2.03. The molecule has 1 heterocycles. The van der Waals surface area contributed by atoms with E-state index in [0.29, 0.717) is 5.69 Å². The van der Waals surface area contributed by atoms with E-state index in [1.54, 1.807) is 24.3 Å². The molecule has 0 atom stereocenters. The first-order chi connectivity index (χ1) is 10.0. The molecular formula is C15H13NO5. The molecule has 6 heteroatoms. The summed E-state index contributed by atoms with van der Waals surface area (Å²) >= 11 is 0. The Morgan fingerprint density at radius 1 is 1.00 bits per heavy atom. The van der Waals surface area contributed by atoms with Crippen LogP contribution in [0, 0.1) is 0 Å². The van der Waals surface area contributed by atoms with Gasteiger partial charge in [0, 0.05) is 6.54 Å². The fraction of sp³-hybridized carbons (Fsp3) is 0.133. The summed E-state index contributed by atoms with van der Waals surface area (Å²) in [5, 5.41) is 17.8. The van der Waals surface area contributed by atoms with Crippen LogP contribution in [0.1, 0.15) is 16.8 Å². The van der Waals surface area contributed by atoms with Crippen LogP contribution in [0.5, 0.6) is 0 Å². The Balaban J connectivity index is 2.59. The van der Waals surface area contributed by atoms with Gasteiger partial charge >= 0.3 is 11.9 Å². The van der Waals surface area contributed by atoms with Crippen LogP contribution in [0.15, 0.2) is 47.3 Å². The number of carboxylic acid groups (broad SMARTS) is 2. The average Bonchev–Trinajstić information content (AvgIpc) is 2.46. The SMILES string of the molecule is O=C(O)CCn1c(-c2ccccc2)ccc(C(=O)O)c1=O. The van der Waals surface area contributed by atoms with Gasteiger partial charge in [-0.05, 0) is 17.7 Å². The smallest absolute Gasteiger partial charge is 0.341 e. The van der Waals surface area contributed by atoms with Crippen molar-refractivity contribution in [2.75, 3.05) is 0 Å². The number of carbonyl (C=O) groups is 2. The molecule has 0 saturated heterocycles. The van der Waals surface area contributed by atoms with Crippen LogP contribution in [0.25, 0.3) is 11.3 Å². The molecule has 2 aromatic rings. The Morgan fingerprint density at radius 2 is 1.67 bits per heavy atom. The number of hydrogen-bond acceptors (Lipinski definition) is 3. The van der Waals surface area contributed by atoms with Crippen LogP contribution in [-0.4, -0.2) is 26.7 Å². The highest BCUT2D eigenvalue weighted by Crippen LogP contribution is 2.18. The van der Waals surface area contributed by atoms with E-state index in [1.807, 2.05) is 6.07 Å². The minimum atomic E-state index is -1.33. The average molecular weight is 287 g/mol. The lowest BCUT2D eigenvalue weighted by Crippen LogP contribution is -2.28. The van der Waals surface area contributed by atoms with Gasteiger partial charge in [0.25, 0.3) is 5.56 Å². The van der Waals surface area contributed by atoms with Gasteiger partial charge in [0.2, 0.25) is 0 Å². The maximum Gasteiger partial charge on any atom is 0.341 e. The van der Waals surface area contributed by atoms with E-state index in [4.69, 9.17) is 10.2 Å². The molecule has 0 spiro atoms. The Labute approximate surface area is 119 Å². The summed E-state index contributed by atoms with van der Waals surface area (Å²) in [7, 11) is 0. The van der Waals surface area contributed by atoms with Gasteiger partial charge in [0.1, 0.15) is 5.56 Å². The monoisotopic (exact) mass is 287 g/mol. The molecule has 0 aliphatic heterocycles. The molecule has 108 valence electrons. The van der Waals surface area contributed by atoms with E-state index in [0.717, 1.165) is 5.56 Å². The summed E-state index contributed by atoms with van der Waals surface area (Å²) in [5.74, 6) is -2.38. The standard InChI is InChI=1S/C15H13NO5/c17-13(18)8-9-16-12(10-4-2-1-3-5-10)7-6-11(14(16)19)15(20)21/h1-7H,8-9H2,(H,17,18)(H,20,21). The first-order valence-corrected chi connectivity index (χ1v) is 6.25. The predicted molar refractivity (Wildman–Crippen MR) is 75.4 cm³/mol.